The highest BCUT2D eigenvalue weighted by atomic mass is 16.5. The van der Waals surface area contributed by atoms with E-state index >= 15 is 0 Å². The van der Waals surface area contributed by atoms with Crippen LogP contribution in [-0.4, -0.2) is 29.4 Å². The number of ether oxygens (including phenoxy) is 1. The van der Waals surface area contributed by atoms with Crippen LogP contribution in [0.15, 0.2) is 36.7 Å². The van der Waals surface area contributed by atoms with E-state index in [2.05, 4.69) is 20.8 Å². The number of H-pyrrole nitrogens is 1. The molecule has 20 heavy (non-hydrogen) atoms. The highest BCUT2D eigenvalue weighted by Gasteiger charge is 2.09. The first-order valence-corrected chi connectivity index (χ1v) is 6.36. The Kier molecular flexibility index (Phi) is 4.60. The molecule has 1 atom stereocenters. The Balaban J connectivity index is 1.85. The second-order valence-electron chi connectivity index (χ2n) is 4.54. The summed E-state index contributed by atoms with van der Waals surface area (Å²) in [6.07, 6.45) is 3.90. The Morgan fingerprint density at radius 2 is 2.35 bits per heavy atom. The molecule has 0 saturated heterocycles. The largest absolute Gasteiger partial charge is 0.497 e. The van der Waals surface area contributed by atoms with E-state index < -0.39 is 0 Å². The summed E-state index contributed by atoms with van der Waals surface area (Å²) in [6, 6.07) is 7.57. The number of carbonyl (C=O) groups excluding carboxylic acids is 1. The summed E-state index contributed by atoms with van der Waals surface area (Å²) >= 11 is 0. The molecular formula is C14H18N4O2. The van der Waals surface area contributed by atoms with Gasteiger partial charge >= 0.3 is 6.03 Å². The molecule has 0 spiro atoms. The highest BCUT2D eigenvalue weighted by Crippen LogP contribution is 2.14. The van der Waals surface area contributed by atoms with Gasteiger partial charge < -0.3 is 15.4 Å². The van der Waals surface area contributed by atoms with Crippen molar-refractivity contribution < 1.29 is 9.53 Å². The lowest BCUT2D eigenvalue weighted by molar-refractivity contribution is 0.249. The van der Waals surface area contributed by atoms with Crippen LogP contribution in [0.25, 0.3) is 0 Å². The summed E-state index contributed by atoms with van der Waals surface area (Å²) in [5.41, 5.74) is 1.75. The average molecular weight is 274 g/mol. The van der Waals surface area contributed by atoms with Crippen LogP contribution < -0.4 is 15.4 Å². The first-order valence-electron chi connectivity index (χ1n) is 6.36. The zero-order valence-corrected chi connectivity index (χ0v) is 11.5. The molecule has 1 aromatic heterocycles. The second-order valence-corrected chi connectivity index (χ2v) is 4.54. The standard InChI is InChI=1S/C14H18N4O2/c1-10(6-11-4-3-5-13(7-11)20-2)17-14(19)18-12-8-15-16-9-12/h3-5,7-10H,6H2,1-2H3,(H,15,16)(H2,17,18,19). The molecule has 2 rings (SSSR count). The number of nitrogens with one attached hydrogen (secondary N) is 3. The predicted molar refractivity (Wildman–Crippen MR) is 76.9 cm³/mol. The third-order valence-electron chi connectivity index (χ3n) is 2.81. The fourth-order valence-corrected chi connectivity index (χ4v) is 1.91. The van der Waals surface area contributed by atoms with E-state index in [1.54, 1.807) is 19.5 Å². The molecule has 0 fully saturated rings. The number of anilines is 1. The van der Waals surface area contributed by atoms with Crippen molar-refractivity contribution in [2.45, 2.75) is 19.4 Å². The van der Waals surface area contributed by atoms with Gasteiger partial charge in [0.25, 0.3) is 0 Å². The van der Waals surface area contributed by atoms with Crippen molar-refractivity contribution >= 4 is 11.7 Å². The molecule has 2 amide bonds. The van der Waals surface area contributed by atoms with E-state index in [0.717, 1.165) is 17.7 Å². The lowest BCUT2D eigenvalue weighted by Gasteiger charge is -2.14. The monoisotopic (exact) mass is 274 g/mol. The average Bonchev–Trinajstić information content (AvgIpc) is 2.91. The molecule has 0 radical (unpaired) electrons. The summed E-state index contributed by atoms with van der Waals surface area (Å²) in [5, 5.41) is 12.0. The van der Waals surface area contributed by atoms with Crippen molar-refractivity contribution in [1.82, 2.24) is 15.5 Å². The molecule has 3 N–H and O–H groups in total. The maximum atomic E-state index is 11.7. The molecular weight excluding hydrogens is 256 g/mol. The Morgan fingerprint density at radius 1 is 1.50 bits per heavy atom. The van der Waals surface area contributed by atoms with Crippen LogP contribution in [-0.2, 0) is 6.42 Å². The molecule has 0 bridgehead atoms. The van der Waals surface area contributed by atoms with Crippen molar-refractivity contribution in [2.24, 2.45) is 0 Å². The van der Waals surface area contributed by atoms with Gasteiger partial charge in [0, 0.05) is 12.2 Å². The summed E-state index contributed by atoms with van der Waals surface area (Å²) in [5.74, 6) is 0.817. The molecule has 1 unspecified atom stereocenters. The van der Waals surface area contributed by atoms with Crippen LogP contribution in [0.4, 0.5) is 10.5 Å². The van der Waals surface area contributed by atoms with Crippen LogP contribution in [0.2, 0.25) is 0 Å². The number of hydrogen-bond donors (Lipinski definition) is 3. The molecule has 0 aliphatic heterocycles. The third-order valence-corrected chi connectivity index (χ3v) is 2.81. The molecule has 6 heteroatoms. The zero-order chi connectivity index (χ0) is 14.4. The van der Waals surface area contributed by atoms with Crippen molar-refractivity contribution in [3.63, 3.8) is 0 Å². The van der Waals surface area contributed by atoms with E-state index in [0.29, 0.717) is 5.69 Å². The Morgan fingerprint density at radius 3 is 3.05 bits per heavy atom. The Bertz CT molecular complexity index is 554. The predicted octanol–water partition coefficient (Wildman–Crippen LogP) is 2.17. The Labute approximate surface area is 117 Å². The van der Waals surface area contributed by atoms with Crippen LogP contribution in [0.5, 0.6) is 5.75 Å². The lowest BCUT2D eigenvalue weighted by Crippen LogP contribution is -2.37. The number of rotatable bonds is 5. The van der Waals surface area contributed by atoms with Crippen LogP contribution in [0, 0.1) is 0 Å². The van der Waals surface area contributed by atoms with Gasteiger partial charge in [0.1, 0.15) is 5.75 Å². The topological polar surface area (TPSA) is 79.0 Å². The zero-order valence-electron chi connectivity index (χ0n) is 11.5. The van der Waals surface area contributed by atoms with Gasteiger partial charge in [-0.3, -0.25) is 5.10 Å². The molecule has 106 valence electrons. The number of carbonyl (C=O) groups is 1. The summed E-state index contributed by atoms with van der Waals surface area (Å²) in [7, 11) is 1.64. The minimum absolute atomic E-state index is 0.00834. The van der Waals surface area contributed by atoms with Gasteiger partial charge in [-0.25, -0.2) is 4.79 Å². The van der Waals surface area contributed by atoms with E-state index in [1.807, 2.05) is 31.2 Å². The van der Waals surface area contributed by atoms with Crippen LogP contribution in [0.3, 0.4) is 0 Å². The SMILES string of the molecule is COc1cccc(CC(C)NC(=O)Nc2cn[nH]c2)c1. The minimum atomic E-state index is -0.248. The first-order chi connectivity index (χ1) is 9.67. The van der Waals surface area contributed by atoms with Gasteiger partial charge in [-0.05, 0) is 31.0 Å². The molecule has 1 heterocycles. The van der Waals surface area contributed by atoms with Crippen molar-refractivity contribution in [1.29, 1.82) is 0 Å². The highest BCUT2D eigenvalue weighted by molar-refractivity contribution is 5.89. The normalized spacial score (nSPS) is 11.7. The van der Waals surface area contributed by atoms with Crippen LogP contribution >= 0.6 is 0 Å². The second kappa shape index (κ2) is 6.60. The van der Waals surface area contributed by atoms with E-state index in [1.165, 1.54) is 0 Å². The van der Waals surface area contributed by atoms with Crippen molar-refractivity contribution in [3.05, 3.63) is 42.2 Å². The lowest BCUT2D eigenvalue weighted by atomic mass is 10.1. The van der Waals surface area contributed by atoms with Crippen molar-refractivity contribution in [3.8, 4) is 5.75 Å². The maximum Gasteiger partial charge on any atom is 0.319 e. The number of urea groups is 1. The van der Waals surface area contributed by atoms with E-state index in [4.69, 9.17) is 4.74 Å². The van der Waals surface area contributed by atoms with Gasteiger partial charge in [-0.1, -0.05) is 12.1 Å². The molecule has 0 aliphatic rings. The summed E-state index contributed by atoms with van der Waals surface area (Å²) < 4.78 is 5.18. The molecule has 1 aromatic carbocycles. The molecule has 0 aliphatic carbocycles. The van der Waals surface area contributed by atoms with E-state index in [9.17, 15) is 4.79 Å². The fourth-order valence-electron chi connectivity index (χ4n) is 1.91. The van der Waals surface area contributed by atoms with Gasteiger partial charge in [-0.2, -0.15) is 5.10 Å². The van der Waals surface area contributed by atoms with Gasteiger partial charge in [-0.15, -0.1) is 0 Å². The third kappa shape index (κ3) is 4.01. The number of amides is 2. The first kappa shape index (κ1) is 13.9. The molecule has 2 aromatic rings. The summed E-state index contributed by atoms with van der Waals surface area (Å²) in [6.45, 7) is 1.95. The number of nitrogens with zero attached hydrogens (tertiary/aromatic N) is 1. The summed E-state index contributed by atoms with van der Waals surface area (Å²) in [4.78, 5) is 11.7. The smallest absolute Gasteiger partial charge is 0.319 e. The number of aromatic amines is 1. The Hall–Kier alpha value is -2.50. The van der Waals surface area contributed by atoms with Gasteiger partial charge in [0.05, 0.1) is 19.0 Å². The number of aromatic nitrogens is 2. The van der Waals surface area contributed by atoms with Crippen molar-refractivity contribution in [2.75, 3.05) is 12.4 Å². The molecule has 6 nitrogen and oxygen atoms in total. The minimum Gasteiger partial charge on any atom is -0.497 e. The quantitative estimate of drug-likeness (QED) is 0.781. The fraction of sp³-hybridized carbons (Fsp3) is 0.286. The maximum absolute atomic E-state index is 11.7. The van der Waals surface area contributed by atoms with Gasteiger partial charge in [0.2, 0.25) is 0 Å². The number of hydrogen-bond acceptors (Lipinski definition) is 3. The number of methoxy groups -OCH3 is 1. The van der Waals surface area contributed by atoms with Crippen LogP contribution in [0.1, 0.15) is 12.5 Å². The molecule has 0 saturated carbocycles. The van der Waals surface area contributed by atoms with E-state index in [-0.39, 0.29) is 12.1 Å². The van der Waals surface area contributed by atoms with Gasteiger partial charge in [0.15, 0.2) is 0 Å². The number of benzene rings is 1.